The molecule has 0 aliphatic rings. The van der Waals surface area contributed by atoms with Crippen LogP contribution in [0.3, 0.4) is 0 Å². The standard InChI is InChI=1S/C12H11BrIN3O/c1-7-11(6-17(2)16-7)15-12(18)9-5-8(14)3-4-10(9)13/h3-6H,1-2H3,(H,15,18). The number of hydrogen-bond acceptors (Lipinski definition) is 2. The molecule has 6 heteroatoms. The number of halogens is 2. The van der Waals surface area contributed by atoms with Gasteiger partial charge in [-0.3, -0.25) is 9.48 Å². The Labute approximate surface area is 127 Å². The van der Waals surface area contributed by atoms with Gasteiger partial charge in [0.15, 0.2) is 0 Å². The van der Waals surface area contributed by atoms with Gasteiger partial charge in [0.1, 0.15) is 0 Å². The maximum Gasteiger partial charge on any atom is 0.256 e. The Morgan fingerprint density at radius 3 is 2.83 bits per heavy atom. The molecule has 0 fully saturated rings. The molecule has 1 heterocycles. The number of carbonyl (C=O) groups excluding carboxylic acids is 1. The molecule has 1 amide bonds. The summed E-state index contributed by atoms with van der Waals surface area (Å²) in [5.41, 5.74) is 2.14. The van der Waals surface area contributed by atoms with Crippen LogP contribution in [0.25, 0.3) is 0 Å². The topological polar surface area (TPSA) is 46.9 Å². The Kier molecular flexibility index (Phi) is 4.06. The number of anilines is 1. The molecule has 0 aliphatic heterocycles. The Bertz CT molecular complexity index is 609. The number of nitrogens with zero attached hydrogens (tertiary/aromatic N) is 2. The molecule has 0 radical (unpaired) electrons. The van der Waals surface area contributed by atoms with Gasteiger partial charge in [-0.15, -0.1) is 0 Å². The van der Waals surface area contributed by atoms with Crippen LogP contribution < -0.4 is 5.32 Å². The zero-order valence-electron chi connectivity index (χ0n) is 9.87. The van der Waals surface area contributed by atoms with Gasteiger partial charge in [0, 0.05) is 21.3 Å². The molecule has 18 heavy (non-hydrogen) atoms. The smallest absolute Gasteiger partial charge is 0.256 e. The van der Waals surface area contributed by atoms with Crippen LogP contribution in [0.15, 0.2) is 28.9 Å². The van der Waals surface area contributed by atoms with Gasteiger partial charge in [0.25, 0.3) is 5.91 Å². The van der Waals surface area contributed by atoms with Crippen LogP contribution in [0.1, 0.15) is 16.1 Å². The Morgan fingerprint density at radius 1 is 1.50 bits per heavy atom. The van der Waals surface area contributed by atoms with Crippen molar-refractivity contribution >= 4 is 50.1 Å². The number of carbonyl (C=O) groups is 1. The first-order valence-electron chi connectivity index (χ1n) is 5.24. The van der Waals surface area contributed by atoms with E-state index in [1.807, 2.05) is 32.2 Å². The minimum atomic E-state index is -0.142. The van der Waals surface area contributed by atoms with Gasteiger partial charge in [0.05, 0.1) is 16.9 Å². The lowest BCUT2D eigenvalue weighted by molar-refractivity contribution is 0.102. The van der Waals surface area contributed by atoms with Crippen LogP contribution in [-0.4, -0.2) is 15.7 Å². The molecule has 0 unspecified atom stereocenters. The lowest BCUT2D eigenvalue weighted by Crippen LogP contribution is -2.13. The normalized spacial score (nSPS) is 10.4. The molecule has 1 N–H and O–H groups in total. The van der Waals surface area contributed by atoms with E-state index in [1.54, 1.807) is 10.9 Å². The van der Waals surface area contributed by atoms with E-state index in [-0.39, 0.29) is 5.91 Å². The summed E-state index contributed by atoms with van der Waals surface area (Å²) in [5, 5.41) is 7.05. The van der Waals surface area contributed by atoms with Crippen LogP contribution in [0.5, 0.6) is 0 Å². The third-order valence-electron chi connectivity index (χ3n) is 2.43. The number of aryl methyl sites for hydroxylation is 2. The van der Waals surface area contributed by atoms with Crippen molar-refractivity contribution in [2.75, 3.05) is 5.32 Å². The SMILES string of the molecule is Cc1nn(C)cc1NC(=O)c1cc(I)ccc1Br. The second-order valence-corrected chi connectivity index (χ2v) is 5.98. The first kappa shape index (κ1) is 13.5. The zero-order chi connectivity index (χ0) is 13.3. The van der Waals surface area contributed by atoms with Crippen molar-refractivity contribution in [1.82, 2.24) is 9.78 Å². The fourth-order valence-corrected chi connectivity index (χ4v) is 2.50. The van der Waals surface area contributed by atoms with Crippen molar-refractivity contribution in [3.05, 3.63) is 43.7 Å². The Morgan fingerprint density at radius 2 is 2.22 bits per heavy atom. The zero-order valence-corrected chi connectivity index (χ0v) is 13.6. The summed E-state index contributed by atoms with van der Waals surface area (Å²) < 4.78 is 3.47. The summed E-state index contributed by atoms with van der Waals surface area (Å²) >= 11 is 5.56. The van der Waals surface area contributed by atoms with Crippen molar-refractivity contribution in [1.29, 1.82) is 0 Å². The maximum absolute atomic E-state index is 12.2. The summed E-state index contributed by atoms with van der Waals surface area (Å²) in [6, 6.07) is 5.65. The minimum absolute atomic E-state index is 0.142. The number of hydrogen-bond donors (Lipinski definition) is 1. The molecule has 0 aliphatic carbocycles. The number of aromatic nitrogens is 2. The maximum atomic E-state index is 12.2. The molecule has 0 saturated carbocycles. The quantitative estimate of drug-likeness (QED) is 0.759. The number of nitrogens with one attached hydrogen (secondary N) is 1. The van der Waals surface area contributed by atoms with Gasteiger partial charge in [-0.25, -0.2) is 0 Å². The molecule has 2 rings (SSSR count). The van der Waals surface area contributed by atoms with E-state index in [0.29, 0.717) is 5.56 Å². The highest BCUT2D eigenvalue weighted by Crippen LogP contribution is 2.21. The van der Waals surface area contributed by atoms with Crippen LogP contribution in [0.4, 0.5) is 5.69 Å². The number of benzene rings is 1. The first-order chi connectivity index (χ1) is 8.47. The lowest BCUT2D eigenvalue weighted by Gasteiger charge is -2.06. The van der Waals surface area contributed by atoms with Crippen molar-refractivity contribution < 1.29 is 4.79 Å². The van der Waals surface area contributed by atoms with Crippen molar-refractivity contribution in [2.45, 2.75) is 6.92 Å². The highest BCUT2D eigenvalue weighted by atomic mass is 127. The van der Waals surface area contributed by atoms with Crippen LogP contribution in [0.2, 0.25) is 0 Å². The predicted molar refractivity (Wildman–Crippen MR) is 82.8 cm³/mol. The highest BCUT2D eigenvalue weighted by Gasteiger charge is 2.13. The van der Waals surface area contributed by atoms with Crippen molar-refractivity contribution in [3.63, 3.8) is 0 Å². The molecule has 1 aromatic heterocycles. The molecule has 0 spiro atoms. The van der Waals surface area contributed by atoms with Gasteiger partial charge >= 0.3 is 0 Å². The highest BCUT2D eigenvalue weighted by molar-refractivity contribution is 14.1. The van der Waals surface area contributed by atoms with E-state index in [4.69, 9.17) is 0 Å². The molecule has 4 nitrogen and oxygen atoms in total. The van der Waals surface area contributed by atoms with Gasteiger partial charge in [-0.05, 0) is 63.6 Å². The average Bonchev–Trinajstić information content (AvgIpc) is 2.61. The molecule has 94 valence electrons. The van der Waals surface area contributed by atoms with Crippen LogP contribution in [-0.2, 0) is 7.05 Å². The van der Waals surface area contributed by atoms with Gasteiger partial charge in [-0.1, -0.05) is 0 Å². The molecular formula is C12H11BrIN3O. The van der Waals surface area contributed by atoms with Gasteiger partial charge in [0.2, 0.25) is 0 Å². The fraction of sp³-hybridized carbons (Fsp3) is 0.167. The van der Waals surface area contributed by atoms with E-state index in [1.165, 1.54) is 0 Å². The third kappa shape index (κ3) is 2.92. The molecule has 0 bridgehead atoms. The van der Waals surface area contributed by atoms with Gasteiger partial charge in [-0.2, -0.15) is 5.10 Å². The Hall–Kier alpha value is -0.890. The summed E-state index contributed by atoms with van der Waals surface area (Å²) in [6.07, 6.45) is 1.79. The monoisotopic (exact) mass is 419 g/mol. The summed E-state index contributed by atoms with van der Waals surface area (Å²) in [4.78, 5) is 12.2. The van der Waals surface area contributed by atoms with E-state index < -0.39 is 0 Å². The minimum Gasteiger partial charge on any atom is -0.319 e. The van der Waals surface area contributed by atoms with E-state index in [0.717, 1.165) is 19.4 Å². The average molecular weight is 420 g/mol. The van der Waals surface area contributed by atoms with Gasteiger partial charge < -0.3 is 5.32 Å². The predicted octanol–water partition coefficient (Wildman–Crippen LogP) is 3.35. The first-order valence-corrected chi connectivity index (χ1v) is 7.11. The second kappa shape index (κ2) is 5.40. The number of rotatable bonds is 2. The third-order valence-corrected chi connectivity index (χ3v) is 3.80. The summed E-state index contributed by atoms with van der Waals surface area (Å²) in [5.74, 6) is -0.142. The molecule has 0 atom stereocenters. The van der Waals surface area contributed by atoms with Crippen LogP contribution in [0, 0.1) is 10.5 Å². The van der Waals surface area contributed by atoms with Crippen molar-refractivity contribution in [3.8, 4) is 0 Å². The Balaban J connectivity index is 2.27. The molecule has 1 aromatic carbocycles. The van der Waals surface area contributed by atoms with Crippen LogP contribution >= 0.6 is 38.5 Å². The fourth-order valence-electron chi connectivity index (χ4n) is 1.58. The largest absolute Gasteiger partial charge is 0.319 e. The molecule has 2 aromatic rings. The lowest BCUT2D eigenvalue weighted by atomic mass is 10.2. The van der Waals surface area contributed by atoms with E-state index in [9.17, 15) is 4.79 Å². The van der Waals surface area contributed by atoms with Crippen molar-refractivity contribution in [2.24, 2.45) is 7.05 Å². The van der Waals surface area contributed by atoms with E-state index >= 15 is 0 Å². The molecular weight excluding hydrogens is 409 g/mol. The summed E-state index contributed by atoms with van der Waals surface area (Å²) in [6.45, 7) is 1.86. The summed E-state index contributed by atoms with van der Waals surface area (Å²) in [7, 11) is 1.82. The molecule has 0 saturated heterocycles. The number of amides is 1. The second-order valence-electron chi connectivity index (χ2n) is 3.88. The van der Waals surface area contributed by atoms with E-state index in [2.05, 4.69) is 48.9 Å².